The van der Waals surface area contributed by atoms with E-state index in [4.69, 9.17) is 11.6 Å². The molecule has 1 fully saturated rings. The van der Waals surface area contributed by atoms with Gasteiger partial charge in [-0.1, -0.05) is 18.0 Å². The molecule has 3 heterocycles. The van der Waals surface area contributed by atoms with Gasteiger partial charge >= 0.3 is 6.03 Å². The molecule has 1 saturated heterocycles. The van der Waals surface area contributed by atoms with Crippen molar-refractivity contribution in [2.45, 2.75) is 36.8 Å². The van der Waals surface area contributed by atoms with Crippen molar-refractivity contribution in [3.63, 3.8) is 0 Å². The molecule has 0 radical (unpaired) electrons. The van der Waals surface area contributed by atoms with Crippen LogP contribution in [0.15, 0.2) is 57.5 Å². The van der Waals surface area contributed by atoms with Gasteiger partial charge in [-0.15, -0.1) is 11.3 Å². The van der Waals surface area contributed by atoms with E-state index in [9.17, 15) is 18.0 Å². The number of aryl methyl sites for hydroxylation is 1. The normalized spacial score (nSPS) is 14.2. The van der Waals surface area contributed by atoms with Crippen LogP contribution in [0.25, 0.3) is 16.6 Å². The van der Waals surface area contributed by atoms with E-state index in [0.29, 0.717) is 10.9 Å². The van der Waals surface area contributed by atoms with Crippen LogP contribution in [0.2, 0.25) is 4.34 Å². The highest BCUT2D eigenvalue weighted by Gasteiger charge is 2.21. The Balaban J connectivity index is 1.27. The molecule has 2 amide bonds. The maximum Gasteiger partial charge on any atom is 0.333 e. The number of halogens is 2. The number of benzene rings is 2. The number of carbonyl (C=O) groups excluding carboxylic acids is 1. The maximum atomic E-state index is 15.2. The molecule has 0 unspecified atom stereocenters. The predicted molar refractivity (Wildman–Crippen MR) is 164 cm³/mol. The summed E-state index contributed by atoms with van der Waals surface area (Å²) in [6.07, 6.45) is 4.86. The highest BCUT2D eigenvalue weighted by atomic mass is 35.5. The fraction of sp³-hybridized carbons (Fsp3) is 0.321. The molecule has 5 rings (SSSR count). The SMILES string of the molecule is Cc1nc2cc(NCCCN3CCCCC3)ccc2c(=O)n1-c1ccc(NC(=O)NS(=O)(=O)c2ccc(Cl)s2)cc1F. The van der Waals surface area contributed by atoms with Crippen LogP contribution in [-0.2, 0) is 10.0 Å². The number of nitrogens with one attached hydrogen (secondary N) is 3. The summed E-state index contributed by atoms with van der Waals surface area (Å²) < 4.78 is 43.0. The summed E-state index contributed by atoms with van der Waals surface area (Å²) in [4.78, 5) is 32.7. The van der Waals surface area contributed by atoms with Crippen molar-refractivity contribution >= 4 is 61.3 Å². The number of aromatic nitrogens is 2. The summed E-state index contributed by atoms with van der Waals surface area (Å²) in [5, 5.41) is 6.02. The highest BCUT2D eigenvalue weighted by Crippen LogP contribution is 2.26. The number of amides is 2. The lowest BCUT2D eigenvalue weighted by Crippen LogP contribution is -2.34. The van der Waals surface area contributed by atoms with Crippen LogP contribution in [0.3, 0.4) is 0 Å². The molecular formula is C28H30ClFN6O4S2. The first-order valence-corrected chi connectivity index (χ1v) is 16.2. The minimum Gasteiger partial charge on any atom is -0.385 e. The van der Waals surface area contributed by atoms with Crippen LogP contribution in [0.4, 0.5) is 20.6 Å². The van der Waals surface area contributed by atoms with Crippen molar-refractivity contribution < 1.29 is 17.6 Å². The van der Waals surface area contributed by atoms with Crippen LogP contribution in [0.1, 0.15) is 31.5 Å². The fourth-order valence-electron chi connectivity index (χ4n) is 4.95. The standard InChI is InChI=1S/C28H30ClFN6O4S2/c1-18-32-23-17-19(31-12-5-15-35-13-3-2-4-14-35)6-8-21(23)27(37)36(18)24-9-7-20(16-22(24)30)33-28(38)34-42(39,40)26-11-10-25(29)41-26/h6-11,16-17,31H,2-5,12-15H2,1H3,(H2,33,34,38). The summed E-state index contributed by atoms with van der Waals surface area (Å²) in [5.74, 6) is -0.521. The zero-order valence-corrected chi connectivity index (χ0v) is 25.2. The van der Waals surface area contributed by atoms with Crippen molar-refractivity contribution in [1.29, 1.82) is 0 Å². The molecular weight excluding hydrogens is 603 g/mol. The Kier molecular flexibility index (Phi) is 9.11. The molecule has 2 aromatic heterocycles. The first-order valence-electron chi connectivity index (χ1n) is 13.5. The van der Waals surface area contributed by atoms with E-state index in [1.54, 1.807) is 13.0 Å². The van der Waals surface area contributed by atoms with Crippen LogP contribution >= 0.6 is 22.9 Å². The lowest BCUT2D eigenvalue weighted by molar-refractivity contribution is 0.228. The predicted octanol–water partition coefficient (Wildman–Crippen LogP) is 5.35. The molecule has 14 heteroatoms. The number of hydrogen-bond donors (Lipinski definition) is 3. The number of likely N-dealkylation sites (tertiary alicyclic amines) is 1. The second kappa shape index (κ2) is 12.8. The van der Waals surface area contributed by atoms with Crippen LogP contribution in [0.5, 0.6) is 0 Å². The average Bonchev–Trinajstić information content (AvgIpc) is 3.40. The van der Waals surface area contributed by atoms with Gasteiger partial charge < -0.3 is 15.5 Å². The highest BCUT2D eigenvalue weighted by molar-refractivity contribution is 7.92. The molecule has 1 aliphatic heterocycles. The largest absolute Gasteiger partial charge is 0.385 e. The zero-order chi connectivity index (χ0) is 29.9. The number of hydrogen-bond acceptors (Lipinski definition) is 8. The molecule has 10 nitrogen and oxygen atoms in total. The Morgan fingerprint density at radius 1 is 1.07 bits per heavy atom. The van der Waals surface area contributed by atoms with Gasteiger partial charge in [0.1, 0.15) is 15.9 Å². The number of urea groups is 1. The van der Waals surface area contributed by atoms with Crippen molar-refractivity contribution in [3.05, 3.63) is 74.9 Å². The Hall–Kier alpha value is -3.52. The monoisotopic (exact) mass is 632 g/mol. The van der Waals surface area contributed by atoms with Gasteiger partial charge in [-0.2, -0.15) is 0 Å². The van der Waals surface area contributed by atoms with E-state index in [2.05, 4.69) is 20.5 Å². The van der Waals surface area contributed by atoms with Gasteiger partial charge in [0.05, 0.1) is 20.9 Å². The molecule has 2 aromatic carbocycles. The van der Waals surface area contributed by atoms with Gasteiger partial charge in [0.15, 0.2) is 0 Å². The lowest BCUT2D eigenvalue weighted by Gasteiger charge is -2.26. The molecule has 3 N–H and O–H groups in total. The minimum absolute atomic E-state index is 0.0105. The first kappa shape index (κ1) is 30.0. The van der Waals surface area contributed by atoms with Crippen LogP contribution in [0, 0.1) is 12.7 Å². The second-order valence-corrected chi connectivity index (χ2v) is 13.6. The van der Waals surface area contributed by atoms with Crippen molar-refractivity contribution in [2.75, 3.05) is 36.8 Å². The maximum absolute atomic E-state index is 15.2. The van der Waals surface area contributed by atoms with Gasteiger partial charge in [0.2, 0.25) is 0 Å². The number of anilines is 2. The van der Waals surface area contributed by atoms with E-state index >= 15 is 4.39 Å². The van der Waals surface area contributed by atoms with E-state index in [-0.39, 0.29) is 25.7 Å². The summed E-state index contributed by atoms with van der Waals surface area (Å²) >= 11 is 6.56. The second-order valence-electron chi connectivity index (χ2n) is 10.00. The van der Waals surface area contributed by atoms with E-state index in [1.807, 2.05) is 16.9 Å². The number of piperidine rings is 1. The molecule has 0 bridgehead atoms. The molecule has 1 aliphatic rings. The number of rotatable bonds is 9. The first-order chi connectivity index (χ1) is 20.1. The number of carbonyl (C=O) groups is 1. The number of sulfonamides is 1. The van der Waals surface area contributed by atoms with Crippen molar-refractivity contribution in [1.82, 2.24) is 19.2 Å². The number of nitrogens with zero attached hydrogens (tertiary/aromatic N) is 3. The summed E-state index contributed by atoms with van der Waals surface area (Å²) in [5.41, 5.74) is 0.849. The molecule has 0 aliphatic carbocycles. The van der Waals surface area contributed by atoms with Crippen molar-refractivity contribution in [2.24, 2.45) is 0 Å². The van der Waals surface area contributed by atoms with Gasteiger partial charge in [-0.05, 0) is 94.4 Å². The third-order valence-electron chi connectivity index (χ3n) is 6.95. The van der Waals surface area contributed by atoms with Gasteiger partial charge in [0, 0.05) is 17.9 Å². The smallest absolute Gasteiger partial charge is 0.333 e. The molecule has 42 heavy (non-hydrogen) atoms. The molecule has 0 saturated carbocycles. The average molecular weight is 633 g/mol. The van der Waals surface area contributed by atoms with Gasteiger partial charge in [-0.25, -0.2) is 27.3 Å². The molecule has 4 aromatic rings. The van der Waals surface area contributed by atoms with Gasteiger partial charge in [-0.3, -0.25) is 9.36 Å². The zero-order valence-electron chi connectivity index (χ0n) is 22.8. The Morgan fingerprint density at radius 3 is 2.55 bits per heavy atom. The molecule has 0 spiro atoms. The summed E-state index contributed by atoms with van der Waals surface area (Å²) in [6.45, 7) is 5.79. The van der Waals surface area contributed by atoms with E-state index < -0.39 is 27.4 Å². The Morgan fingerprint density at radius 2 is 1.83 bits per heavy atom. The quantitative estimate of drug-likeness (QED) is 0.213. The number of thiophene rings is 1. The Bertz CT molecular complexity index is 1790. The topological polar surface area (TPSA) is 125 Å². The molecule has 222 valence electrons. The van der Waals surface area contributed by atoms with Gasteiger partial charge in [0.25, 0.3) is 15.6 Å². The Labute approximate surface area is 251 Å². The number of fused-ring (bicyclic) bond motifs is 1. The minimum atomic E-state index is -4.15. The van der Waals surface area contributed by atoms with Crippen LogP contribution < -0.4 is 20.9 Å². The van der Waals surface area contributed by atoms with E-state index in [1.165, 1.54) is 43.5 Å². The third-order valence-corrected chi connectivity index (χ3v) is 10.0. The third kappa shape index (κ3) is 6.92. The summed E-state index contributed by atoms with van der Waals surface area (Å²) in [7, 11) is -4.15. The fourth-order valence-corrected chi connectivity index (χ4v) is 7.34. The molecule has 0 atom stereocenters. The lowest BCUT2D eigenvalue weighted by atomic mass is 10.1. The summed E-state index contributed by atoms with van der Waals surface area (Å²) in [6, 6.07) is 10.6. The van der Waals surface area contributed by atoms with Crippen LogP contribution in [-0.4, -0.2) is 55.1 Å². The van der Waals surface area contributed by atoms with E-state index in [0.717, 1.165) is 60.3 Å². The van der Waals surface area contributed by atoms with Crippen molar-refractivity contribution in [3.8, 4) is 5.69 Å².